The van der Waals surface area contributed by atoms with E-state index in [1.165, 1.54) is 23.2 Å². The van der Waals surface area contributed by atoms with E-state index in [1.807, 2.05) is 0 Å². The van der Waals surface area contributed by atoms with Crippen molar-refractivity contribution in [3.63, 3.8) is 0 Å². The third kappa shape index (κ3) is 2.43. The van der Waals surface area contributed by atoms with Gasteiger partial charge in [0.05, 0.1) is 12.2 Å². The van der Waals surface area contributed by atoms with Crippen LogP contribution < -0.4 is 10.6 Å². The van der Waals surface area contributed by atoms with E-state index in [4.69, 9.17) is 4.42 Å². The molecule has 0 unspecified atom stereocenters. The summed E-state index contributed by atoms with van der Waals surface area (Å²) in [5, 5.41) is 6.73. The molecule has 90 valence electrons. The number of nitrogens with one attached hydrogen (secondary N) is 2. The topological polar surface area (TPSA) is 50.1 Å². The van der Waals surface area contributed by atoms with Gasteiger partial charge in [0.1, 0.15) is 6.26 Å². The first-order valence-electron chi connectivity index (χ1n) is 5.36. The van der Waals surface area contributed by atoms with Crippen molar-refractivity contribution in [2.75, 3.05) is 5.32 Å². The van der Waals surface area contributed by atoms with Crippen LogP contribution in [-0.2, 0) is 19.6 Å². The number of hydrogen-bond donors (Lipinski definition) is 2. The minimum Gasteiger partial charge on any atom is -0.451 e. The molecule has 3 rings (SSSR count). The lowest BCUT2D eigenvalue weighted by Gasteiger charge is -2.09. The summed E-state index contributed by atoms with van der Waals surface area (Å²) in [6, 6.07) is 6.35. The molecule has 0 radical (unpaired) electrons. The van der Waals surface area contributed by atoms with Gasteiger partial charge in [0.25, 0.3) is 0 Å². The molecule has 0 saturated carbocycles. The van der Waals surface area contributed by atoms with Gasteiger partial charge >= 0.3 is 0 Å². The van der Waals surface area contributed by atoms with E-state index in [2.05, 4.69) is 33.8 Å². The average Bonchev–Trinajstić information content (AvgIpc) is 2.97. The predicted molar refractivity (Wildman–Crippen MR) is 68.1 cm³/mol. The van der Waals surface area contributed by atoms with Crippen molar-refractivity contribution in [1.29, 1.82) is 0 Å². The van der Waals surface area contributed by atoms with E-state index < -0.39 is 0 Å². The van der Waals surface area contributed by atoms with Crippen molar-refractivity contribution < 1.29 is 4.42 Å². The highest BCUT2D eigenvalue weighted by molar-refractivity contribution is 5.85. The molecule has 0 spiro atoms. The third-order valence-electron chi connectivity index (χ3n) is 2.83. The Morgan fingerprint density at radius 2 is 2.29 bits per heavy atom. The SMILES string of the molecule is Cl.c1cc2c(c(NCc3cocn3)c1)CNC2. The Kier molecular flexibility index (Phi) is 3.66. The summed E-state index contributed by atoms with van der Waals surface area (Å²) in [6.45, 7) is 2.61. The second-order valence-electron chi connectivity index (χ2n) is 3.88. The van der Waals surface area contributed by atoms with Crippen LogP contribution in [0.1, 0.15) is 16.8 Å². The summed E-state index contributed by atoms with van der Waals surface area (Å²) in [5.74, 6) is 0. The predicted octanol–water partition coefficient (Wildman–Crippen LogP) is 2.31. The Hall–Kier alpha value is -1.52. The minimum atomic E-state index is 0. The van der Waals surface area contributed by atoms with Crippen molar-refractivity contribution in [3.05, 3.63) is 47.7 Å². The van der Waals surface area contributed by atoms with E-state index in [9.17, 15) is 0 Å². The molecule has 0 bridgehead atoms. The zero-order valence-corrected chi connectivity index (χ0v) is 10.1. The molecule has 2 N–H and O–H groups in total. The Balaban J connectivity index is 0.00000108. The zero-order chi connectivity index (χ0) is 10.8. The van der Waals surface area contributed by atoms with E-state index in [-0.39, 0.29) is 12.4 Å². The Labute approximate surface area is 106 Å². The fraction of sp³-hybridized carbons (Fsp3) is 0.250. The van der Waals surface area contributed by atoms with Crippen LogP contribution in [-0.4, -0.2) is 4.98 Å². The Morgan fingerprint density at radius 3 is 3.12 bits per heavy atom. The summed E-state index contributed by atoms with van der Waals surface area (Å²) < 4.78 is 4.93. The molecule has 1 aliphatic rings. The number of benzene rings is 1. The number of halogens is 1. The minimum absolute atomic E-state index is 0. The van der Waals surface area contributed by atoms with E-state index in [1.54, 1.807) is 6.26 Å². The molecule has 4 nitrogen and oxygen atoms in total. The van der Waals surface area contributed by atoms with Crippen LogP contribution >= 0.6 is 12.4 Å². The Morgan fingerprint density at radius 1 is 1.35 bits per heavy atom. The molecule has 0 aliphatic carbocycles. The molecule has 2 heterocycles. The van der Waals surface area contributed by atoms with Gasteiger partial charge in [-0.25, -0.2) is 4.98 Å². The van der Waals surface area contributed by atoms with Gasteiger partial charge in [-0.2, -0.15) is 0 Å². The smallest absolute Gasteiger partial charge is 0.180 e. The Bertz CT molecular complexity index is 485. The highest BCUT2D eigenvalue weighted by Crippen LogP contribution is 2.24. The average molecular weight is 252 g/mol. The van der Waals surface area contributed by atoms with Gasteiger partial charge in [0, 0.05) is 18.8 Å². The molecule has 0 atom stereocenters. The van der Waals surface area contributed by atoms with Gasteiger partial charge in [-0.15, -0.1) is 12.4 Å². The molecular weight excluding hydrogens is 238 g/mol. The number of hydrogen-bond acceptors (Lipinski definition) is 4. The fourth-order valence-corrected chi connectivity index (χ4v) is 2.01. The number of anilines is 1. The lowest BCUT2D eigenvalue weighted by Crippen LogP contribution is -2.04. The normalized spacial score (nSPS) is 12.9. The van der Waals surface area contributed by atoms with Crippen LogP contribution in [0, 0.1) is 0 Å². The summed E-state index contributed by atoms with van der Waals surface area (Å²) >= 11 is 0. The second kappa shape index (κ2) is 5.21. The molecule has 0 saturated heterocycles. The van der Waals surface area contributed by atoms with Gasteiger partial charge < -0.3 is 15.1 Å². The van der Waals surface area contributed by atoms with E-state index >= 15 is 0 Å². The first-order chi connectivity index (χ1) is 7.93. The van der Waals surface area contributed by atoms with E-state index in [0.717, 1.165) is 18.8 Å². The number of oxazole rings is 1. The summed E-state index contributed by atoms with van der Waals surface area (Å²) in [5.41, 5.74) is 4.85. The lowest BCUT2D eigenvalue weighted by molar-refractivity contribution is 0.556. The van der Waals surface area contributed by atoms with Crippen molar-refractivity contribution in [3.8, 4) is 0 Å². The van der Waals surface area contributed by atoms with Gasteiger partial charge in [0.2, 0.25) is 0 Å². The van der Waals surface area contributed by atoms with Gasteiger partial charge in [-0.3, -0.25) is 0 Å². The highest BCUT2D eigenvalue weighted by Gasteiger charge is 2.13. The quantitative estimate of drug-likeness (QED) is 0.879. The molecule has 17 heavy (non-hydrogen) atoms. The van der Waals surface area contributed by atoms with Crippen LogP contribution in [0.3, 0.4) is 0 Å². The van der Waals surface area contributed by atoms with Crippen LogP contribution in [0.5, 0.6) is 0 Å². The van der Waals surface area contributed by atoms with Crippen LogP contribution in [0.4, 0.5) is 5.69 Å². The van der Waals surface area contributed by atoms with Gasteiger partial charge in [-0.1, -0.05) is 12.1 Å². The summed E-state index contributed by atoms with van der Waals surface area (Å²) in [6.07, 6.45) is 3.11. The molecule has 1 aromatic carbocycles. The summed E-state index contributed by atoms with van der Waals surface area (Å²) in [7, 11) is 0. The maximum Gasteiger partial charge on any atom is 0.180 e. The monoisotopic (exact) mass is 251 g/mol. The van der Waals surface area contributed by atoms with Crippen molar-refractivity contribution in [1.82, 2.24) is 10.3 Å². The molecule has 0 amide bonds. The number of rotatable bonds is 3. The number of fused-ring (bicyclic) bond motifs is 1. The maximum absolute atomic E-state index is 4.93. The van der Waals surface area contributed by atoms with Crippen LogP contribution in [0.25, 0.3) is 0 Å². The third-order valence-corrected chi connectivity index (χ3v) is 2.83. The molecule has 0 fully saturated rings. The van der Waals surface area contributed by atoms with Crippen molar-refractivity contribution in [2.24, 2.45) is 0 Å². The van der Waals surface area contributed by atoms with Crippen molar-refractivity contribution >= 4 is 18.1 Å². The molecular formula is C12H14ClN3O. The first-order valence-corrected chi connectivity index (χ1v) is 5.36. The standard InChI is InChI=1S/C12H13N3O.ClH/c1-2-9-4-13-6-11(9)12(3-1)14-5-10-7-16-8-15-10;/h1-3,7-8,13-14H,4-6H2;1H. The number of aromatic nitrogens is 1. The highest BCUT2D eigenvalue weighted by atomic mass is 35.5. The van der Waals surface area contributed by atoms with Crippen molar-refractivity contribution in [2.45, 2.75) is 19.6 Å². The second-order valence-corrected chi connectivity index (χ2v) is 3.88. The van der Waals surface area contributed by atoms with Crippen LogP contribution in [0.15, 0.2) is 35.3 Å². The van der Waals surface area contributed by atoms with Gasteiger partial charge in [-0.05, 0) is 17.2 Å². The number of nitrogens with zero attached hydrogens (tertiary/aromatic N) is 1. The zero-order valence-electron chi connectivity index (χ0n) is 9.27. The first kappa shape index (κ1) is 12.0. The van der Waals surface area contributed by atoms with Crippen LogP contribution in [0.2, 0.25) is 0 Å². The largest absolute Gasteiger partial charge is 0.451 e. The lowest BCUT2D eigenvalue weighted by atomic mass is 10.1. The molecule has 1 aromatic heterocycles. The fourth-order valence-electron chi connectivity index (χ4n) is 2.01. The summed E-state index contributed by atoms with van der Waals surface area (Å²) in [4.78, 5) is 4.08. The molecule has 2 aromatic rings. The van der Waals surface area contributed by atoms with Gasteiger partial charge in [0.15, 0.2) is 6.39 Å². The molecule has 5 heteroatoms. The maximum atomic E-state index is 4.93. The molecule has 1 aliphatic heterocycles. The van der Waals surface area contributed by atoms with E-state index in [0.29, 0.717) is 6.54 Å².